The molecule has 1 aliphatic rings. The molecule has 5 rings (SSSR count). The van der Waals surface area contributed by atoms with E-state index in [9.17, 15) is 13.2 Å². The number of aryl methyl sites for hydroxylation is 1. The topological polar surface area (TPSA) is 145 Å². The van der Waals surface area contributed by atoms with Crippen LogP contribution in [0, 0.1) is 6.92 Å². The van der Waals surface area contributed by atoms with Crippen LogP contribution in [0.2, 0.25) is 0 Å². The van der Waals surface area contributed by atoms with E-state index in [1.54, 1.807) is 26.0 Å². The average molecular weight is 548 g/mol. The molecule has 1 fully saturated rings. The summed E-state index contributed by atoms with van der Waals surface area (Å²) in [6, 6.07) is 15.5. The van der Waals surface area contributed by atoms with E-state index in [0.29, 0.717) is 35.8 Å². The van der Waals surface area contributed by atoms with E-state index in [4.69, 9.17) is 10.5 Å². The number of hydrogen-bond donors (Lipinski definition) is 1. The van der Waals surface area contributed by atoms with Crippen molar-refractivity contribution in [1.82, 2.24) is 18.9 Å². The largest absolute Gasteiger partial charge is 0.462 e. The Morgan fingerprint density at radius 3 is 2.38 bits per heavy atom. The molecule has 2 aromatic heterocycles. The highest BCUT2D eigenvalue weighted by molar-refractivity contribution is 7.89. The number of azo groups is 1. The molecular weight excluding hydrogens is 518 g/mol. The van der Waals surface area contributed by atoms with Crippen molar-refractivity contribution in [2.45, 2.75) is 38.0 Å². The summed E-state index contributed by atoms with van der Waals surface area (Å²) in [5.74, 6) is -0.437. The molecule has 3 heterocycles. The summed E-state index contributed by atoms with van der Waals surface area (Å²) in [6.45, 7) is 4.73. The Morgan fingerprint density at radius 1 is 1.03 bits per heavy atom. The van der Waals surface area contributed by atoms with Crippen LogP contribution in [-0.2, 0) is 14.8 Å². The number of sulfonamides is 1. The fraction of sp³-hybridized carbons (Fsp3) is 0.296. The van der Waals surface area contributed by atoms with Crippen LogP contribution in [0.25, 0.3) is 16.9 Å². The summed E-state index contributed by atoms with van der Waals surface area (Å²) in [5.41, 5.74) is 9.16. The molecule has 1 saturated heterocycles. The average Bonchev–Trinajstić information content (AvgIpc) is 3.26. The molecule has 0 spiro atoms. The number of ether oxygens (including phenoxy) is 1. The number of hydrogen-bond acceptors (Lipinski definition) is 9. The second-order valence-electron chi connectivity index (χ2n) is 9.14. The number of rotatable bonds is 7. The predicted molar refractivity (Wildman–Crippen MR) is 147 cm³/mol. The Balaban J connectivity index is 1.53. The highest BCUT2D eigenvalue weighted by atomic mass is 32.2. The fourth-order valence-corrected chi connectivity index (χ4v) is 6.14. The van der Waals surface area contributed by atoms with Crippen molar-refractivity contribution >= 4 is 38.8 Å². The maximum atomic E-state index is 12.9. The van der Waals surface area contributed by atoms with E-state index in [2.05, 4.69) is 20.3 Å². The number of nitrogen functional groups attached to an aromatic ring is 1. The van der Waals surface area contributed by atoms with E-state index >= 15 is 0 Å². The lowest BCUT2D eigenvalue weighted by molar-refractivity contribution is 0.0525. The van der Waals surface area contributed by atoms with Gasteiger partial charge in [-0.15, -0.1) is 10.2 Å². The molecule has 0 radical (unpaired) electrons. The first-order valence-electron chi connectivity index (χ1n) is 12.7. The monoisotopic (exact) mass is 547 g/mol. The highest BCUT2D eigenvalue weighted by Gasteiger charge is 2.27. The lowest BCUT2D eigenvalue weighted by Gasteiger charge is -2.25. The minimum absolute atomic E-state index is 0.0770. The molecule has 0 saturated carbocycles. The van der Waals surface area contributed by atoms with Crippen LogP contribution in [0.15, 0.2) is 69.7 Å². The van der Waals surface area contributed by atoms with Gasteiger partial charge in [-0.05, 0) is 51.0 Å². The molecule has 39 heavy (non-hydrogen) atoms. The zero-order valence-corrected chi connectivity index (χ0v) is 22.6. The molecule has 0 bridgehead atoms. The first kappa shape index (κ1) is 26.4. The number of anilines is 1. The number of carbonyl (C=O) groups excluding carboxylic acids is 1. The van der Waals surface area contributed by atoms with Gasteiger partial charge in [0.1, 0.15) is 5.56 Å². The molecule has 202 valence electrons. The Kier molecular flexibility index (Phi) is 7.40. The Morgan fingerprint density at radius 2 is 1.72 bits per heavy atom. The third-order valence-corrected chi connectivity index (χ3v) is 8.44. The Hall–Kier alpha value is -4.16. The third kappa shape index (κ3) is 5.12. The molecule has 2 N–H and O–H groups in total. The molecule has 0 amide bonds. The zero-order valence-electron chi connectivity index (χ0n) is 21.7. The summed E-state index contributed by atoms with van der Waals surface area (Å²) in [6.07, 6.45) is 2.78. The molecule has 0 aliphatic carbocycles. The summed E-state index contributed by atoms with van der Waals surface area (Å²) < 4.78 is 34.2. The number of esters is 1. The van der Waals surface area contributed by atoms with Crippen LogP contribution < -0.4 is 5.73 Å². The van der Waals surface area contributed by atoms with Crippen molar-refractivity contribution in [3.63, 3.8) is 0 Å². The quantitative estimate of drug-likeness (QED) is 0.252. The van der Waals surface area contributed by atoms with Crippen LogP contribution in [-0.4, -0.2) is 53.0 Å². The molecular formula is C27H29N7O4S. The molecule has 4 aromatic rings. The minimum Gasteiger partial charge on any atom is -0.462 e. The lowest BCUT2D eigenvalue weighted by atomic mass is 10.0. The summed E-state index contributed by atoms with van der Waals surface area (Å²) in [5, 5.41) is 13.0. The van der Waals surface area contributed by atoms with Gasteiger partial charge in [0, 0.05) is 18.7 Å². The van der Waals surface area contributed by atoms with Gasteiger partial charge in [0.25, 0.3) is 0 Å². The smallest absolute Gasteiger partial charge is 0.342 e. The van der Waals surface area contributed by atoms with Gasteiger partial charge in [0.05, 0.1) is 28.6 Å². The third-order valence-electron chi connectivity index (χ3n) is 6.53. The number of benzene rings is 2. The maximum absolute atomic E-state index is 12.9. The molecule has 0 unspecified atom stereocenters. The van der Waals surface area contributed by atoms with Crippen LogP contribution in [0.1, 0.15) is 42.2 Å². The summed E-state index contributed by atoms with van der Waals surface area (Å²) in [7, 11) is -3.54. The zero-order chi connectivity index (χ0) is 27.6. The summed E-state index contributed by atoms with van der Waals surface area (Å²) in [4.78, 5) is 17.7. The lowest BCUT2D eigenvalue weighted by Crippen LogP contribution is -2.35. The standard InChI is InChI=1S/C27H29N7O4S/c1-3-38-27(35)22-18(2)29-26-23(25(28)32-34(26)24(22)19-10-6-4-7-11-19)31-30-20-12-14-21(15-13-20)39(36,37)33-16-8-5-9-17-33/h4,6-7,10-15H,3,5,8-9,16-17H2,1-2H3,(H2,28,32). The van der Waals surface area contributed by atoms with Gasteiger partial charge in [0.2, 0.25) is 10.0 Å². The molecule has 0 atom stereocenters. The normalized spacial score (nSPS) is 14.7. The van der Waals surface area contributed by atoms with Gasteiger partial charge in [-0.3, -0.25) is 0 Å². The molecule has 2 aromatic carbocycles. The van der Waals surface area contributed by atoms with Gasteiger partial charge < -0.3 is 10.5 Å². The predicted octanol–water partition coefficient (Wildman–Crippen LogP) is 5.05. The molecule has 11 nitrogen and oxygen atoms in total. The Labute approximate surface area is 226 Å². The number of carbonyl (C=O) groups is 1. The van der Waals surface area contributed by atoms with Crippen molar-refractivity contribution in [1.29, 1.82) is 0 Å². The van der Waals surface area contributed by atoms with E-state index in [1.165, 1.54) is 21.0 Å². The SMILES string of the molecule is CCOC(=O)c1c(C)nc2c(N=Nc3ccc(S(=O)(=O)N4CCCCC4)cc3)c(N)nn2c1-c1ccccc1. The van der Waals surface area contributed by atoms with Crippen molar-refractivity contribution in [2.24, 2.45) is 10.2 Å². The number of aromatic nitrogens is 3. The summed E-state index contributed by atoms with van der Waals surface area (Å²) >= 11 is 0. The van der Waals surface area contributed by atoms with Crippen molar-refractivity contribution in [3.8, 4) is 11.3 Å². The number of nitrogens with two attached hydrogens (primary N) is 1. The van der Waals surface area contributed by atoms with Crippen molar-refractivity contribution in [2.75, 3.05) is 25.4 Å². The van der Waals surface area contributed by atoms with E-state index in [-0.39, 0.29) is 28.6 Å². The van der Waals surface area contributed by atoms with Gasteiger partial charge in [-0.2, -0.15) is 9.42 Å². The van der Waals surface area contributed by atoms with Gasteiger partial charge >= 0.3 is 5.97 Å². The van der Waals surface area contributed by atoms with Gasteiger partial charge in [-0.1, -0.05) is 36.8 Å². The van der Waals surface area contributed by atoms with Crippen molar-refractivity contribution < 1.29 is 17.9 Å². The number of fused-ring (bicyclic) bond motifs is 1. The Bertz CT molecular complexity index is 1640. The first-order valence-corrected chi connectivity index (χ1v) is 14.2. The van der Waals surface area contributed by atoms with E-state index in [1.807, 2.05) is 30.3 Å². The second-order valence-corrected chi connectivity index (χ2v) is 11.1. The van der Waals surface area contributed by atoms with Crippen molar-refractivity contribution in [3.05, 3.63) is 65.9 Å². The highest BCUT2D eigenvalue weighted by Crippen LogP contribution is 2.35. The fourth-order valence-electron chi connectivity index (χ4n) is 4.62. The van der Waals surface area contributed by atoms with Gasteiger partial charge in [0.15, 0.2) is 17.2 Å². The second kappa shape index (κ2) is 10.9. The number of piperidine rings is 1. The number of nitrogens with zero attached hydrogens (tertiary/aromatic N) is 6. The van der Waals surface area contributed by atoms with Crippen LogP contribution in [0.4, 0.5) is 17.2 Å². The molecule has 1 aliphatic heterocycles. The van der Waals surface area contributed by atoms with Gasteiger partial charge in [-0.25, -0.2) is 22.7 Å². The maximum Gasteiger partial charge on any atom is 0.342 e. The first-order chi connectivity index (χ1) is 18.8. The van der Waals surface area contributed by atoms with E-state index < -0.39 is 16.0 Å². The van der Waals surface area contributed by atoms with E-state index in [0.717, 1.165) is 24.8 Å². The molecule has 12 heteroatoms. The minimum atomic E-state index is -3.54. The van der Waals surface area contributed by atoms with Crippen LogP contribution in [0.5, 0.6) is 0 Å². The van der Waals surface area contributed by atoms with Crippen LogP contribution >= 0.6 is 0 Å². The van der Waals surface area contributed by atoms with Crippen LogP contribution in [0.3, 0.4) is 0 Å².